The van der Waals surface area contributed by atoms with Gasteiger partial charge in [0.15, 0.2) is 0 Å². The first-order valence-corrected chi connectivity index (χ1v) is 8.30. The number of hydrogen-bond donors (Lipinski definition) is 2. The van der Waals surface area contributed by atoms with E-state index in [-0.39, 0.29) is 16.6 Å². The molecule has 21 heavy (non-hydrogen) atoms. The molecule has 0 spiro atoms. The Morgan fingerprint density at radius 3 is 2.62 bits per heavy atom. The first kappa shape index (κ1) is 15.4. The van der Waals surface area contributed by atoms with Gasteiger partial charge in [0.05, 0.1) is 11.5 Å². The second kappa shape index (κ2) is 6.67. The summed E-state index contributed by atoms with van der Waals surface area (Å²) in [6.07, 6.45) is 0.387. The van der Waals surface area contributed by atoms with Crippen molar-refractivity contribution in [3.8, 4) is 11.8 Å². The summed E-state index contributed by atoms with van der Waals surface area (Å²) in [6.45, 7) is 1.69. The van der Waals surface area contributed by atoms with Crippen LogP contribution in [0.4, 0.5) is 5.13 Å². The molecule has 1 aromatic heterocycles. The Morgan fingerprint density at radius 1 is 1.33 bits per heavy atom. The molecule has 0 radical (unpaired) electrons. The van der Waals surface area contributed by atoms with Crippen molar-refractivity contribution in [1.82, 2.24) is 9.36 Å². The van der Waals surface area contributed by atoms with Gasteiger partial charge in [0.25, 0.3) is 10.0 Å². The van der Waals surface area contributed by atoms with Crippen LogP contribution in [0.3, 0.4) is 0 Å². The van der Waals surface area contributed by atoms with E-state index >= 15 is 0 Å². The van der Waals surface area contributed by atoms with Crippen LogP contribution in [0, 0.1) is 18.8 Å². The van der Waals surface area contributed by atoms with E-state index in [9.17, 15) is 8.42 Å². The third-order valence-electron chi connectivity index (χ3n) is 2.38. The van der Waals surface area contributed by atoms with Crippen molar-refractivity contribution in [3.63, 3.8) is 0 Å². The van der Waals surface area contributed by atoms with E-state index in [1.54, 1.807) is 19.1 Å². The Hall–Kier alpha value is -1.95. The number of aromatic nitrogens is 2. The third-order valence-corrected chi connectivity index (χ3v) is 4.59. The Kier molecular flexibility index (Phi) is 4.90. The summed E-state index contributed by atoms with van der Waals surface area (Å²) in [6, 6.07) is 6.17. The number of aryl methyl sites for hydroxylation is 1. The highest BCUT2D eigenvalue weighted by Crippen LogP contribution is 2.17. The summed E-state index contributed by atoms with van der Waals surface area (Å²) >= 11 is 0.990. The molecule has 0 bridgehead atoms. The largest absolute Gasteiger partial charge is 0.395 e. The number of rotatable bonds is 4. The average molecular weight is 323 g/mol. The summed E-state index contributed by atoms with van der Waals surface area (Å²) in [4.78, 5) is 4.09. The summed E-state index contributed by atoms with van der Waals surface area (Å²) in [5.74, 6) is 6.12. The fourth-order valence-electron chi connectivity index (χ4n) is 1.45. The summed E-state index contributed by atoms with van der Waals surface area (Å²) in [7, 11) is -3.67. The topological polar surface area (TPSA) is 92.2 Å². The molecule has 1 heterocycles. The molecule has 0 atom stereocenters. The SMILES string of the molecule is Cc1nsc(NS(=O)(=O)c2ccc(C#CCCO)cc2)n1. The highest BCUT2D eigenvalue weighted by atomic mass is 32.2. The quantitative estimate of drug-likeness (QED) is 0.829. The van der Waals surface area contributed by atoms with Crippen LogP contribution in [0.15, 0.2) is 29.2 Å². The molecule has 0 aliphatic heterocycles. The second-order valence-electron chi connectivity index (χ2n) is 4.05. The fraction of sp³-hybridized carbons (Fsp3) is 0.231. The maximum atomic E-state index is 12.1. The standard InChI is InChI=1S/C13H13N3O3S2/c1-10-14-13(20-15-10)16-21(18,19)12-7-5-11(6-8-12)4-2-3-9-17/h5-8,17H,3,9H2,1H3,(H,14,15,16). The number of anilines is 1. The smallest absolute Gasteiger partial charge is 0.263 e. The molecule has 110 valence electrons. The van der Waals surface area contributed by atoms with Crippen LogP contribution in [0.2, 0.25) is 0 Å². The summed E-state index contributed by atoms with van der Waals surface area (Å²) in [5, 5.41) is 8.87. The van der Waals surface area contributed by atoms with Crippen LogP contribution < -0.4 is 4.72 Å². The van der Waals surface area contributed by atoms with Crippen molar-refractivity contribution in [1.29, 1.82) is 0 Å². The molecule has 2 rings (SSSR count). The number of nitrogens with zero attached hydrogens (tertiary/aromatic N) is 2. The molecule has 2 aromatic rings. The lowest BCUT2D eigenvalue weighted by atomic mass is 10.2. The molecule has 0 amide bonds. The van der Waals surface area contributed by atoms with Gasteiger partial charge in [-0.15, -0.1) is 0 Å². The third kappa shape index (κ3) is 4.26. The number of nitrogens with one attached hydrogen (secondary N) is 1. The van der Waals surface area contributed by atoms with Gasteiger partial charge in [-0.2, -0.15) is 4.37 Å². The van der Waals surface area contributed by atoms with Gasteiger partial charge in [-0.1, -0.05) is 11.8 Å². The molecule has 8 heteroatoms. The van der Waals surface area contributed by atoms with Crippen molar-refractivity contribution in [3.05, 3.63) is 35.7 Å². The lowest BCUT2D eigenvalue weighted by Gasteiger charge is -2.04. The molecule has 2 N–H and O–H groups in total. The predicted molar refractivity (Wildman–Crippen MR) is 80.5 cm³/mol. The highest BCUT2D eigenvalue weighted by Gasteiger charge is 2.15. The van der Waals surface area contributed by atoms with E-state index in [4.69, 9.17) is 5.11 Å². The van der Waals surface area contributed by atoms with Crippen molar-refractivity contribution < 1.29 is 13.5 Å². The minimum absolute atomic E-state index is 0.00461. The van der Waals surface area contributed by atoms with Crippen LogP contribution in [0.25, 0.3) is 0 Å². The van der Waals surface area contributed by atoms with Gasteiger partial charge < -0.3 is 5.11 Å². The Labute approximate surface area is 127 Å². The lowest BCUT2D eigenvalue weighted by molar-refractivity contribution is 0.305. The van der Waals surface area contributed by atoms with E-state index < -0.39 is 10.0 Å². The predicted octanol–water partition coefficient (Wildman–Crippen LogP) is 1.38. The van der Waals surface area contributed by atoms with Gasteiger partial charge in [0.2, 0.25) is 5.13 Å². The minimum atomic E-state index is -3.67. The molecule has 0 aliphatic rings. The highest BCUT2D eigenvalue weighted by molar-refractivity contribution is 7.93. The van der Waals surface area contributed by atoms with Gasteiger partial charge in [-0.05, 0) is 31.2 Å². The molecular weight excluding hydrogens is 310 g/mol. The molecule has 0 aliphatic carbocycles. The number of benzene rings is 1. The van der Waals surface area contributed by atoms with Crippen LogP contribution in [0.1, 0.15) is 17.8 Å². The van der Waals surface area contributed by atoms with E-state index in [1.807, 2.05) is 0 Å². The monoisotopic (exact) mass is 323 g/mol. The average Bonchev–Trinajstić information content (AvgIpc) is 2.84. The zero-order valence-corrected chi connectivity index (χ0v) is 12.8. The van der Waals surface area contributed by atoms with Crippen molar-refractivity contribution in [2.24, 2.45) is 0 Å². The molecule has 0 fully saturated rings. The van der Waals surface area contributed by atoms with Gasteiger partial charge in [-0.25, -0.2) is 13.4 Å². The maximum Gasteiger partial charge on any atom is 0.263 e. The zero-order chi connectivity index (χ0) is 15.3. The molecule has 0 saturated heterocycles. The molecular formula is C13H13N3O3S2. The summed E-state index contributed by atoms with van der Waals surface area (Å²) < 4.78 is 30.6. The first-order valence-electron chi connectivity index (χ1n) is 6.04. The molecule has 0 saturated carbocycles. The summed E-state index contributed by atoms with van der Waals surface area (Å²) in [5.41, 5.74) is 0.689. The maximum absolute atomic E-state index is 12.1. The Balaban J connectivity index is 2.15. The Morgan fingerprint density at radius 2 is 2.05 bits per heavy atom. The normalized spacial score (nSPS) is 10.8. The molecule has 0 unspecified atom stereocenters. The van der Waals surface area contributed by atoms with E-state index in [0.29, 0.717) is 17.8 Å². The van der Waals surface area contributed by atoms with E-state index in [0.717, 1.165) is 11.5 Å². The number of aliphatic hydroxyl groups excluding tert-OH is 1. The second-order valence-corrected chi connectivity index (χ2v) is 6.49. The van der Waals surface area contributed by atoms with Crippen LogP contribution in [-0.2, 0) is 10.0 Å². The van der Waals surface area contributed by atoms with Crippen molar-refractivity contribution >= 4 is 26.7 Å². The van der Waals surface area contributed by atoms with Crippen LogP contribution in [-0.4, -0.2) is 29.5 Å². The molecule has 1 aromatic carbocycles. The van der Waals surface area contributed by atoms with Crippen molar-refractivity contribution in [2.75, 3.05) is 11.3 Å². The first-order chi connectivity index (χ1) is 10.0. The van der Waals surface area contributed by atoms with Gasteiger partial charge >= 0.3 is 0 Å². The van der Waals surface area contributed by atoms with Gasteiger partial charge in [0.1, 0.15) is 5.82 Å². The number of aliphatic hydroxyl groups is 1. The van der Waals surface area contributed by atoms with Crippen molar-refractivity contribution in [2.45, 2.75) is 18.2 Å². The molecule has 6 nitrogen and oxygen atoms in total. The lowest BCUT2D eigenvalue weighted by Crippen LogP contribution is -2.12. The number of sulfonamides is 1. The Bertz CT molecular complexity index is 771. The minimum Gasteiger partial charge on any atom is -0.395 e. The van der Waals surface area contributed by atoms with Crippen LogP contribution in [0.5, 0.6) is 0 Å². The van der Waals surface area contributed by atoms with Crippen LogP contribution >= 0.6 is 11.5 Å². The zero-order valence-electron chi connectivity index (χ0n) is 11.2. The number of hydrogen-bond acceptors (Lipinski definition) is 6. The van der Waals surface area contributed by atoms with E-state index in [2.05, 4.69) is 25.9 Å². The fourth-order valence-corrected chi connectivity index (χ4v) is 3.25. The van der Waals surface area contributed by atoms with E-state index in [1.165, 1.54) is 12.1 Å². The van der Waals surface area contributed by atoms with Gasteiger partial charge in [-0.3, -0.25) is 4.72 Å². The van der Waals surface area contributed by atoms with Gasteiger partial charge in [0, 0.05) is 23.5 Å².